The second kappa shape index (κ2) is 8.39. The van der Waals surface area contributed by atoms with E-state index in [0.29, 0.717) is 17.5 Å². The van der Waals surface area contributed by atoms with E-state index < -0.39 is 11.2 Å². The zero-order valence-corrected chi connectivity index (χ0v) is 14.1. The van der Waals surface area contributed by atoms with Gasteiger partial charge in [0.25, 0.3) is 0 Å². The van der Waals surface area contributed by atoms with Crippen molar-refractivity contribution < 1.29 is 19.4 Å². The summed E-state index contributed by atoms with van der Waals surface area (Å²) in [4.78, 5) is 22.3. The fourth-order valence-corrected chi connectivity index (χ4v) is 2.83. The number of hydrogen-bond donors (Lipinski definition) is 3. The minimum absolute atomic E-state index is 0.240. The predicted molar refractivity (Wildman–Crippen MR) is 93.6 cm³/mol. The van der Waals surface area contributed by atoms with Gasteiger partial charge in [0.05, 0.1) is 18.7 Å². The van der Waals surface area contributed by atoms with Crippen molar-refractivity contribution in [2.24, 2.45) is 5.10 Å². The van der Waals surface area contributed by atoms with Crippen LogP contribution in [0.15, 0.2) is 35.9 Å². The fraction of sp³-hybridized carbons (Fsp3) is 0.312. The Labute approximate surface area is 144 Å². The molecule has 1 aromatic rings. The van der Waals surface area contributed by atoms with Crippen LogP contribution in [-0.2, 0) is 9.59 Å². The molecule has 1 amide bonds. The first-order valence-electron chi connectivity index (χ1n) is 7.44. The van der Waals surface area contributed by atoms with Gasteiger partial charge in [0, 0.05) is 0 Å². The third-order valence-corrected chi connectivity index (χ3v) is 4.19. The van der Waals surface area contributed by atoms with Gasteiger partial charge in [0.15, 0.2) is 5.17 Å². The SMILES string of the molecule is C=C(N/N=C1\NC(=O)[C@H](CC(=O)O)S1)c1ccc(OCCC)cc1. The van der Waals surface area contributed by atoms with Gasteiger partial charge < -0.3 is 15.2 Å². The standard InChI is InChI=1S/C16H19N3O4S/c1-3-8-23-12-6-4-11(5-7-12)10(2)18-19-16-17-15(22)13(24-16)9-14(20)21/h4-7,13,18H,2-3,8-9H2,1H3,(H,20,21)(H,17,19,22)/t13-/m0/s1. The largest absolute Gasteiger partial charge is 0.494 e. The van der Waals surface area contributed by atoms with Gasteiger partial charge in [0.2, 0.25) is 5.91 Å². The molecule has 8 heteroatoms. The minimum atomic E-state index is -1.02. The molecular weight excluding hydrogens is 330 g/mol. The number of hydrazone groups is 1. The molecule has 0 spiro atoms. The topological polar surface area (TPSA) is 100 Å². The van der Waals surface area contributed by atoms with E-state index in [4.69, 9.17) is 9.84 Å². The van der Waals surface area contributed by atoms with E-state index in [1.165, 1.54) is 0 Å². The Hall–Kier alpha value is -2.48. The second-order valence-corrected chi connectivity index (χ2v) is 6.27. The maximum Gasteiger partial charge on any atom is 0.305 e. The molecule has 1 aliphatic heterocycles. The van der Waals surface area contributed by atoms with Gasteiger partial charge >= 0.3 is 5.97 Å². The average molecular weight is 349 g/mol. The molecule has 1 saturated heterocycles. The Balaban J connectivity index is 1.90. The molecule has 3 N–H and O–H groups in total. The maximum atomic E-state index is 11.6. The zero-order chi connectivity index (χ0) is 17.5. The molecule has 2 rings (SSSR count). The number of carbonyl (C=O) groups excluding carboxylic acids is 1. The van der Waals surface area contributed by atoms with Gasteiger partial charge in [-0.05, 0) is 36.2 Å². The molecule has 24 heavy (non-hydrogen) atoms. The van der Waals surface area contributed by atoms with Gasteiger partial charge in [-0.3, -0.25) is 15.0 Å². The number of hydrogen-bond acceptors (Lipinski definition) is 6. The molecule has 1 heterocycles. The molecule has 0 unspecified atom stereocenters. The summed E-state index contributed by atoms with van der Waals surface area (Å²) in [6, 6.07) is 7.40. The normalized spacial score (nSPS) is 18.3. The van der Waals surface area contributed by atoms with E-state index >= 15 is 0 Å². The van der Waals surface area contributed by atoms with Crippen molar-refractivity contribution in [3.63, 3.8) is 0 Å². The van der Waals surface area contributed by atoms with Crippen LogP contribution in [0, 0.1) is 0 Å². The molecule has 0 saturated carbocycles. The molecule has 0 bridgehead atoms. The number of rotatable bonds is 8. The summed E-state index contributed by atoms with van der Waals surface area (Å²) < 4.78 is 5.51. The van der Waals surface area contributed by atoms with E-state index in [2.05, 4.69) is 22.4 Å². The van der Waals surface area contributed by atoms with Gasteiger partial charge in [0.1, 0.15) is 11.0 Å². The number of amidine groups is 1. The minimum Gasteiger partial charge on any atom is -0.494 e. The highest BCUT2D eigenvalue weighted by atomic mass is 32.2. The molecule has 128 valence electrons. The summed E-state index contributed by atoms with van der Waals surface area (Å²) in [5, 5.41) is 15.0. The monoisotopic (exact) mass is 349 g/mol. The molecule has 0 aliphatic carbocycles. The number of amides is 1. The number of benzene rings is 1. The van der Waals surface area contributed by atoms with E-state index in [0.717, 1.165) is 29.5 Å². The summed E-state index contributed by atoms with van der Waals surface area (Å²) in [5.41, 5.74) is 4.16. The summed E-state index contributed by atoms with van der Waals surface area (Å²) in [6.07, 6.45) is 0.704. The lowest BCUT2D eigenvalue weighted by molar-refractivity contribution is -0.138. The second-order valence-electron chi connectivity index (χ2n) is 5.07. The van der Waals surface area contributed by atoms with Crippen LogP contribution >= 0.6 is 11.8 Å². The molecule has 1 aromatic carbocycles. The lowest BCUT2D eigenvalue weighted by Gasteiger charge is -2.08. The van der Waals surface area contributed by atoms with Crippen molar-refractivity contribution in [1.29, 1.82) is 0 Å². The Morgan fingerprint density at radius 3 is 2.79 bits per heavy atom. The van der Waals surface area contributed by atoms with Crippen molar-refractivity contribution in [2.45, 2.75) is 25.0 Å². The number of carbonyl (C=O) groups is 2. The van der Waals surface area contributed by atoms with Crippen molar-refractivity contribution in [2.75, 3.05) is 6.61 Å². The van der Waals surface area contributed by atoms with Crippen LogP contribution in [0.25, 0.3) is 5.70 Å². The first-order chi connectivity index (χ1) is 11.5. The summed E-state index contributed by atoms with van der Waals surface area (Å²) in [7, 11) is 0. The van der Waals surface area contributed by atoms with Gasteiger partial charge in [-0.25, -0.2) is 0 Å². The predicted octanol–water partition coefficient (Wildman–Crippen LogP) is 2.01. The van der Waals surface area contributed by atoms with Crippen LogP contribution in [0.4, 0.5) is 0 Å². The third-order valence-electron chi connectivity index (χ3n) is 3.10. The Morgan fingerprint density at radius 2 is 2.17 bits per heavy atom. The number of carboxylic acids is 1. The van der Waals surface area contributed by atoms with Crippen LogP contribution in [0.5, 0.6) is 5.75 Å². The number of thioether (sulfide) groups is 1. The van der Waals surface area contributed by atoms with Gasteiger partial charge in [-0.2, -0.15) is 0 Å². The number of carboxylic acid groups (broad SMARTS) is 1. The molecule has 0 aromatic heterocycles. The lowest BCUT2D eigenvalue weighted by atomic mass is 10.2. The highest BCUT2D eigenvalue weighted by molar-refractivity contribution is 8.15. The lowest BCUT2D eigenvalue weighted by Crippen LogP contribution is -2.27. The number of aliphatic carboxylic acids is 1. The first kappa shape index (κ1) is 17.9. The Kier molecular flexibility index (Phi) is 6.25. The zero-order valence-electron chi connectivity index (χ0n) is 13.2. The molecule has 1 fully saturated rings. The molecular formula is C16H19N3O4S. The van der Waals surface area contributed by atoms with Crippen LogP contribution in [0.3, 0.4) is 0 Å². The third kappa shape index (κ3) is 5.02. The van der Waals surface area contributed by atoms with Crippen molar-refractivity contribution in [3.8, 4) is 5.75 Å². The van der Waals surface area contributed by atoms with Gasteiger partial charge in [-0.1, -0.05) is 25.3 Å². The van der Waals surface area contributed by atoms with Gasteiger partial charge in [-0.15, -0.1) is 5.10 Å². The Morgan fingerprint density at radius 1 is 1.46 bits per heavy atom. The highest BCUT2D eigenvalue weighted by Crippen LogP contribution is 2.22. The Bertz CT molecular complexity index is 658. The molecule has 7 nitrogen and oxygen atoms in total. The van der Waals surface area contributed by atoms with Crippen LogP contribution in [-0.4, -0.2) is 34.0 Å². The molecule has 1 aliphatic rings. The van der Waals surface area contributed by atoms with Crippen LogP contribution in [0.1, 0.15) is 25.3 Å². The average Bonchev–Trinajstić information content (AvgIpc) is 2.90. The number of nitrogens with one attached hydrogen (secondary N) is 2. The van der Waals surface area contributed by atoms with E-state index in [-0.39, 0.29) is 12.3 Å². The number of ether oxygens (including phenoxy) is 1. The molecule has 1 atom stereocenters. The maximum absolute atomic E-state index is 11.6. The van der Waals surface area contributed by atoms with E-state index in [1.807, 2.05) is 31.2 Å². The van der Waals surface area contributed by atoms with Crippen LogP contribution < -0.4 is 15.5 Å². The summed E-state index contributed by atoms with van der Waals surface area (Å²) >= 11 is 1.08. The summed E-state index contributed by atoms with van der Waals surface area (Å²) in [5.74, 6) is -0.590. The highest BCUT2D eigenvalue weighted by Gasteiger charge is 2.32. The van der Waals surface area contributed by atoms with Crippen LogP contribution in [0.2, 0.25) is 0 Å². The van der Waals surface area contributed by atoms with Crippen molar-refractivity contribution in [1.82, 2.24) is 10.7 Å². The quantitative estimate of drug-likeness (QED) is 0.621. The number of nitrogens with zero attached hydrogens (tertiary/aromatic N) is 1. The first-order valence-corrected chi connectivity index (χ1v) is 8.32. The molecule has 0 radical (unpaired) electrons. The smallest absolute Gasteiger partial charge is 0.305 e. The fourth-order valence-electron chi connectivity index (χ4n) is 1.91. The van der Waals surface area contributed by atoms with E-state index in [1.54, 1.807) is 0 Å². The van der Waals surface area contributed by atoms with Crippen molar-refractivity contribution >= 4 is 34.5 Å². The summed E-state index contributed by atoms with van der Waals surface area (Å²) in [6.45, 7) is 6.60. The van der Waals surface area contributed by atoms with E-state index in [9.17, 15) is 9.59 Å². The van der Waals surface area contributed by atoms with Crippen molar-refractivity contribution in [3.05, 3.63) is 36.4 Å².